The summed E-state index contributed by atoms with van der Waals surface area (Å²) in [7, 11) is 3.33. The SMILES string of the molecule is COC(CCc1cc(C)cc(-n2c(C)ccc2C)n1)OC. The van der Waals surface area contributed by atoms with Crippen molar-refractivity contribution in [1.29, 1.82) is 0 Å². The molecular formula is C17H24N2O2. The zero-order valence-electron chi connectivity index (χ0n) is 13.5. The molecule has 4 heteroatoms. The molecule has 0 aliphatic heterocycles. The molecule has 0 fully saturated rings. The van der Waals surface area contributed by atoms with E-state index in [2.05, 4.69) is 49.6 Å². The first kappa shape index (κ1) is 15.7. The minimum absolute atomic E-state index is 0.175. The number of aryl methyl sites for hydroxylation is 4. The summed E-state index contributed by atoms with van der Waals surface area (Å²) in [6.45, 7) is 6.30. The fraction of sp³-hybridized carbons (Fsp3) is 0.471. The molecule has 0 unspecified atom stereocenters. The van der Waals surface area contributed by atoms with Crippen LogP contribution in [0.5, 0.6) is 0 Å². The number of rotatable bonds is 6. The van der Waals surface area contributed by atoms with E-state index in [4.69, 9.17) is 14.5 Å². The van der Waals surface area contributed by atoms with Crippen molar-refractivity contribution >= 4 is 0 Å². The zero-order valence-corrected chi connectivity index (χ0v) is 13.5. The van der Waals surface area contributed by atoms with Crippen molar-refractivity contribution in [3.05, 3.63) is 46.9 Å². The average molecular weight is 288 g/mol. The van der Waals surface area contributed by atoms with E-state index >= 15 is 0 Å². The Morgan fingerprint density at radius 1 is 1.05 bits per heavy atom. The van der Waals surface area contributed by atoms with Crippen molar-refractivity contribution in [2.75, 3.05) is 14.2 Å². The van der Waals surface area contributed by atoms with Crippen LogP contribution in [0.2, 0.25) is 0 Å². The maximum atomic E-state index is 5.24. The molecule has 2 aromatic rings. The summed E-state index contributed by atoms with van der Waals surface area (Å²) in [6, 6.07) is 8.48. The van der Waals surface area contributed by atoms with Gasteiger partial charge in [0.2, 0.25) is 0 Å². The second-order valence-electron chi connectivity index (χ2n) is 5.39. The number of hydrogen-bond acceptors (Lipinski definition) is 3. The Balaban J connectivity index is 2.26. The lowest BCUT2D eigenvalue weighted by Gasteiger charge is -2.14. The molecule has 0 radical (unpaired) electrons. The Morgan fingerprint density at radius 3 is 2.24 bits per heavy atom. The van der Waals surface area contributed by atoms with Crippen LogP contribution < -0.4 is 0 Å². The Morgan fingerprint density at radius 2 is 1.67 bits per heavy atom. The van der Waals surface area contributed by atoms with Gasteiger partial charge in [-0.3, -0.25) is 0 Å². The molecule has 0 aliphatic rings. The topological polar surface area (TPSA) is 36.3 Å². The van der Waals surface area contributed by atoms with Gasteiger partial charge in [0.05, 0.1) is 0 Å². The number of hydrogen-bond donors (Lipinski definition) is 0. The van der Waals surface area contributed by atoms with Crippen molar-refractivity contribution in [3.63, 3.8) is 0 Å². The molecule has 0 saturated heterocycles. The van der Waals surface area contributed by atoms with Crippen molar-refractivity contribution < 1.29 is 9.47 Å². The van der Waals surface area contributed by atoms with Gasteiger partial charge in [0.1, 0.15) is 5.82 Å². The third-order valence-electron chi connectivity index (χ3n) is 3.67. The Labute approximate surface area is 126 Å². The average Bonchev–Trinajstić information content (AvgIpc) is 2.78. The summed E-state index contributed by atoms with van der Waals surface area (Å²) >= 11 is 0. The van der Waals surface area contributed by atoms with Gasteiger partial charge in [0.25, 0.3) is 0 Å². The van der Waals surface area contributed by atoms with Crippen LogP contribution in [0.15, 0.2) is 24.3 Å². The smallest absolute Gasteiger partial charge is 0.157 e. The molecule has 0 spiro atoms. The normalized spacial score (nSPS) is 11.3. The summed E-state index contributed by atoms with van der Waals surface area (Å²) in [6.07, 6.45) is 1.46. The van der Waals surface area contributed by atoms with Gasteiger partial charge in [-0.1, -0.05) is 0 Å². The third-order valence-corrected chi connectivity index (χ3v) is 3.67. The first-order valence-corrected chi connectivity index (χ1v) is 7.23. The molecule has 2 heterocycles. The van der Waals surface area contributed by atoms with Crippen LogP contribution in [0.4, 0.5) is 0 Å². The second-order valence-corrected chi connectivity index (χ2v) is 5.39. The molecule has 2 aromatic heterocycles. The highest BCUT2D eigenvalue weighted by atomic mass is 16.7. The van der Waals surface area contributed by atoms with Gasteiger partial charge >= 0.3 is 0 Å². The Hall–Kier alpha value is -1.65. The standard InChI is InChI=1S/C17H24N2O2/c1-12-10-15(8-9-17(20-4)21-5)18-16(11-12)19-13(2)6-7-14(19)3/h6-7,10-11,17H,8-9H2,1-5H3. The molecule has 114 valence electrons. The highest BCUT2D eigenvalue weighted by Crippen LogP contribution is 2.17. The van der Waals surface area contributed by atoms with Gasteiger partial charge in [-0.15, -0.1) is 0 Å². The molecule has 0 bridgehead atoms. The fourth-order valence-corrected chi connectivity index (χ4v) is 2.59. The number of methoxy groups -OCH3 is 2. The maximum absolute atomic E-state index is 5.24. The summed E-state index contributed by atoms with van der Waals surface area (Å²) < 4.78 is 12.7. The lowest BCUT2D eigenvalue weighted by atomic mass is 10.1. The van der Waals surface area contributed by atoms with Crippen molar-refractivity contribution in [2.24, 2.45) is 0 Å². The van der Waals surface area contributed by atoms with Crippen molar-refractivity contribution in [1.82, 2.24) is 9.55 Å². The molecule has 21 heavy (non-hydrogen) atoms. The number of nitrogens with zero attached hydrogens (tertiary/aromatic N) is 2. The van der Waals surface area contributed by atoms with Gasteiger partial charge in [-0.2, -0.15) is 0 Å². The first-order chi connectivity index (χ1) is 10.0. The first-order valence-electron chi connectivity index (χ1n) is 7.23. The minimum atomic E-state index is -0.175. The maximum Gasteiger partial charge on any atom is 0.157 e. The number of ether oxygens (including phenoxy) is 2. The van der Waals surface area contributed by atoms with Crippen molar-refractivity contribution in [2.45, 2.75) is 39.9 Å². The quantitative estimate of drug-likeness (QED) is 0.765. The fourth-order valence-electron chi connectivity index (χ4n) is 2.59. The molecule has 4 nitrogen and oxygen atoms in total. The van der Waals surface area contributed by atoms with Gasteiger partial charge in [-0.25, -0.2) is 4.98 Å². The van der Waals surface area contributed by atoms with Crippen LogP contribution in [0.3, 0.4) is 0 Å². The van der Waals surface area contributed by atoms with Crippen LogP contribution >= 0.6 is 0 Å². The van der Waals surface area contributed by atoms with Crippen molar-refractivity contribution in [3.8, 4) is 5.82 Å². The minimum Gasteiger partial charge on any atom is -0.356 e. The van der Waals surface area contributed by atoms with E-state index in [0.29, 0.717) is 0 Å². The van der Waals surface area contributed by atoms with Gasteiger partial charge in [-0.05, 0) is 57.0 Å². The third kappa shape index (κ3) is 3.71. The predicted molar refractivity (Wildman–Crippen MR) is 83.9 cm³/mol. The molecule has 0 aliphatic carbocycles. The molecular weight excluding hydrogens is 264 g/mol. The summed E-state index contributed by atoms with van der Waals surface area (Å²) in [4.78, 5) is 4.79. The van der Waals surface area contributed by atoms with E-state index in [1.165, 1.54) is 17.0 Å². The monoisotopic (exact) mass is 288 g/mol. The van der Waals surface area contributed by atoms with Gasteiger partial charge in [0.15, 0.2) is 6.29 Å². The van der Waals surface area contributed by atoms with E-state index in [9.17, 15) is 0 Å². The van der Waals surface area contributed by atoms with Crippen LogP contribution in [0.1, 0.15) is 29.1 Å². The van der Waals surface area contributed by atoms with Crippen LogP contribution in [-0.2, 0) is 15.9 Å². The van der Waals surface area contributed by atoms with E-state index in [-0.39, 0.29) is 6.29 Å². The highest BCUT2D eigenvalue weighted by molar-refractivity contribution is 5.35. The molecule has 0 amide bonds. The van der Waals surface area contributed by atoms with Crippen LogP contribution in [-0.4, -0.2) is 30.1 Å². The summed E-state index contributed by atoms with van der Waals surface area (Å²) in [5, 5.41) is 0. The van der Waals surface area contributed by atoms with E-state index < -0.39 is 0 Å². The predicted octanol–water partition coefficient (Wildman–Crippen LogP) is 3.35. The largest absolute Gasteiger partial charge is 0.356 e. The van der Waals surface area contributed by atoms with E-state index in [1.54, 1.807) is 14.2 Å². The summed E-state index contributed by atoms with van der Waals surface area (Å²) in [5.74, 6) is 0.983. The van der Waals surface area contributed by atoms with E-state index in [0.717, 1.165) is 24.4 Å². The lowest BCUT2D eigenvalue weighted by molar-refractivity contribution is -0.105. The number of pyridine rings is 1. The second kappa shape index (κ2) is 6.87. The molecule has 0 N–H and O–H groups in total. The Bertz CT molecular complexity index is 581. The molecule has 0 saturated carbocycles. The van der Waals surface area contributed by atoms with Gasteiger partial charge < -0.3 is 14.0 Å². The summed E-state index contributed by atoms with van der Waals surface area (Å²) in [5.41, 5.74) is 4.68. The molecule has 0 atom stereocenters. The van der Waals surface area contributed by atoms with E-state index in [1.807, 2.05) is 0 Å². The lowest BCUT2D eigenvalue weighted by Crippen LogP contribution is -2.14. The van der Waals surface area contributed by atoms with Gasteiger partial charge in [0, 0.05) is 37.7 Å². The van der Waals surface area contributed by atoms with Crippen LogP contribution in [0, 0.1) is 20.8 Å². The Kier molecular flexibility index (Phi) is 5.15. The molecule has 0 aromatic carbocycles. The number of aromatic nitrogens is 2. The molecule has 2 rings (SSSR count). The highest BCUT2D eigenvalue weighted by Gasteiger charge is 2.10. The zero-order chi connectivity index (χ0) is 15.4. The van der Waals surface area contributed by atoms with Crippen LogP contribution in [0.25, 0.3) is 5.82 Å².